The van der Waals surface area contributed by atoms with E-state index in [9.17, 15) is 9.90 Å². The fourth-order valence-corrected chi connectivity index (χ4v) is 2.82. The van der Waals surface area contributed by atoms with Gasteiger partial charge >= 0.3 is 0 Å². The van der Waals surface area contributed by atoms with Crippen molar-refractivity contribution in [3.63, 3.8) is 0 Å². The van der Waals surface area contributed by atoms with Crippen molar-refractivity contribution in [2.45, 2.75) is 19.8 Å². The van der Waals surface area contributed by atoms with Gasteiger partial charge in [0.15, 0.2) is 0 Å². The zero-order valence-corrected chi connectivity index (χ0v) is 13.3. The Morgan fingerprint density at radius 2 is 2.35 bits per heavy atom. The molecular weight excluding hydrogens is 320 g/mol. The number of halogens is 1. The maximum Gasteiger partial charge on any atom is 0.253 e. The van der Waals surface area contributed by atoms with Crippen LogP contribution in [0.1, 0.15) is 30.1 Å². The number of carbonyl (C=O) groups excluding carboxylic acids is 1. The Hall–Kier alpha value is -1.07. The number of piperidine rings is 1. The predicted octanol–water partition coefficient (Wildman–Crippen LogP) is 2.62. The van der Waals surface area contributed by atoms with Crippen molar-refractivity contribution in [3.8, 4) is 5.75 Å². The van der Waals surface area contributed by atoms with E-state index in [-0.39, 0.29) is 11.7 Å². The van der Waals surface area contributed by atoms with E-state index in [2.05, 4.69) is 21.2 Å². The summed E-state index contributed by atoms with van der Waals surface area (Å²) in [4.78, 5) is 14.4. The van der Waals surface area contributed by atoms with Gasteiger partial charge in [-0.25, -0.2) is 0 Å². The predicted molar refractivity (Wildman–Crippen MR) is 83.0 cm³/mol. The lowest BCUT2D eigenvalue weighted by atomic mass is 9.98. The molecule has 1 aliphatic rings. The summed E-state index contributed by atoms with van der Waals surface area (Å²) in [6, 6.07) is 4.97. The Morgan fingerprint density at radius 3 is 2.95 bits per heavy atom. The zero-order chi connectivity index (χ0) is 14.5. The highest BCUT2D eigenvalue weighted by Gasteiger charge is 2.21. The molecule has 0 aromatic heterocycles. The van der Waals surface area contributed by atoms with Crippen LogP contribution in [0.4, 0.5) is 0 Å². The average Bonchev–Trinajstić information content (AvgIpc) is 2.48. The summed E-state index contributed by atoms with van der Waals surface area (Å²) < 4.78 is 0.605. The fourth-order valence-electron chi connectivity index (χ4n) is 2.58. The van der Waals surface area contributed by atoms with Gasteiger partial charge in [-0.15, -0.1) is 0 Å². The van der Waals surface area contributed by atoms with Gasteiger partial charge in [0.1, 0.15) is 5.75 Å². The maximum atomic E-state index is 12.5. The van der Waals surface area contributed by atoms with Crippen molar-refractivity contribution in [2.24, 2.45) is 5.92 Å². The lowest BCUT2D eigenvalue weighted by Crippen LogP contribution is -2.41. The number of hydrogen-bond acceptors (Lipinski definition) is 3. The topological polar surface area (TPSA) is 52.6 Å². The van der Waals surface area contributed by atoms with Crippen molar-refractivity contribution in [2.75, 3.05) is 26.2 Å². The highest BCUT2D eigenvalue weighted by Crippen LogP contribution is 2.25. The molecule has 2 rings (SSSR count). The van der Waals surface area contributed by atoms with Crippen LogP contribution in [0, 0.1) is 5.92 Å². The van der Waals surface area contributed by atoms with Crippen LogP contribution in [-0.2, 0) is 0 Å². The van der Waals surface area contributed by atoms with Gasteiger partial charge in [-0.3, -0.25) is 4.79 Å². The molecule has 0 spiro atoms. The minimum Gasteiger partial charge on any atom is -0.507 e. The number of carbonyl (C=O) groups is 1. The van der Waals surface area contributed by atoms with Gasteiger partial charge in [-0.2, -0.15) is 0 Å². The van der Waals surface area contributed by atoms with Crippen LogP contribution in [0.25, 0.3) is 0 Å². The van der Waals surface area contributed by atoms with Crippen molar-refractivity contribution >= 4 is 21.8 Å². The molecule has 20 heavy (non-hydrogen) atoms. The largest absolute Gasteiger partial charge is 0.507 e. The number of hydrogen-bond donors (Lipinski definition) is 2. The zero-order valence-electron chi connectivity index (χ0n) is 11.7. The molecule has 1 aliphatic heterocycles. The van der Waals surface area contributed by atoms with E-state index >= 15 is 0 Å². The van der Waals surface area contributed by atoms with Crippen molar-refractivity contribution in [1.29, 1.82) is 0 Å². The van der Waals surface area contributed by atoms with E-state index < -0.39 is 0 Å². The molecule has 5 heteroatoms. The number of benzene rings is 1. The molecule has 0 saturated carbocycles. The smallest absolute Gasteiger partial charge is 0.253 e. The van der Waals surface area contributed by atoms with E-state index in [0.717, 1.165) is 19.6 Å². The molecule has 0 bridgehead atoms. The van der Waals surface area contributed by atoms with Gasteiger partial charge in [0.25, 0.3) is 5.91 Å². The van der Waals surface area contributed by atoms with Crippen LogP contribution in [0.5, 0.6) is 5.75 Å². The second-order valence-corrected chi connectivity index (χ2v) is 6.08. The molecule has 1 heterocycles. The average molecular weight is 341 g/mol. The summed E-state index contributed by atoms with van der Waals surface area (Å²) in [5.74, 6) is 0.615. The summed E-state index contributed by atoms with van der Waals surface area (Å²) >= 11 is 3.23. The van der Waals surface area contributed by atoms with E-state index in [1.54, 1.807) is 12.1 Å². The molecule has 2 N–H and O–H groups in total. The Labute approximate surface area is 128 Å². The maximum absolute atomic E-state index is 12.5. The van der Waals surface area contributed by atoms with Crippen LogP contribution in [0.2, 0.25) is 0 Å². The molecule has 4 nitrogen and oxygen atoms in total. The summed E-state index contributed by atoms with van der Waals surface area (Å²) in [5, 5.41) is 13.1. The first kappa shape index (κ1) is 15.3. The first-order chi connectivity index (χ1) is 9.61. The number of nitrogens with zero attached hydrogens (tertiary/aromatic N) is 1. The second kappa shape index (κ2) is 7.09. The van der Waals surface area contributed by atoms with E-state index in [1.807, 2.05) is 11.8 Å². The molecule has 1 unspecified atom stereocenters. The van der Waals surface area contributed by atoms with E-state index in [4.69, 9.17) is 0 Å². The normalized spacial score (nSPS) is 18.8. The van der Waals surface area contributed by atoms with Crippen molar-refractivity contribution < 1.29 is 9.90 Å². The molecule has 110 valence electrons. The Morgan fingerprint density at radius 1 is 1.55 bits per heavy atom. The highest BCUT2D eigenvalue weighted by atomic mass is 79.9. The molecule has 0 radical (unpaired) electrons. The summed E-state index contributed by atoms with van der Waals surface area (Å²) in [5.41, 5.74) is 0.538. The van der Waals surface area contributed by atoms with E-state index in [1.165, 1.54) is 18.9 Å². The summed E-state index contributed by atoms with van der Waals surface area (Å²) in [7, 11) is 0. The standard InChI is InChI=1S/C15H21BrN2O2/c1-2-18(10-11-4-3-7-17-9-11)15(20)12-5-6-13(16)14(19)8-12/h5-6,8,11,17,19H,2-4,7,9-10H2,1H3. The van der Waals surface area contributed by atoms with Gasteiger partial charge in [0, 0.05) is 18.7 Å². The minimum atomic E-state index is -0.0131. The quantitative estimate of drug-likeness (QED) is 0.885. The van der Waals surface area contributed by atoms with Crippen LogP contribution in [-0.4, -0.2) is 42.1 Å². The fraction of sp³-hybridized carbons (Fsp3) is 0.533. The molecule has 1 atom stereocenters. The first-order valence-corrected chi connectivity index (χ1v) is 7.89. The third kappa shape index (κ3) is 3.73. The monoisotopic (exact) mass is 340 g/mol. The van der Waals surface area contributed by atoms with Gasteiger partial charge in [0.2, 0.25) is 0 Å². The van der Waals surface area contributed by atoms with Crippen molar-refractivity contribution in [3.05, 3.63) is 28.2 Å². The molecule has 1 amide bonds. The van der Waals surface area contributed by atoms with Gasteiger partial charge in [-0.05, 0) is 72.9 Å². The van der Waals surface area contributed by atoms with Crippen LogP contribution in [0.3, 0.4) is 0 Å². The number of nitrogens with one attached hydrogen (secondary N) is 1. The SMILES string of the molecule is CCN(CC1CCCNC1)C(=O)c1ccc(Br)c(O)c1. The third-order valence-corrected chi connectivity index (χ3v) is 4.41. The van der Waals surface area contributed by atoms with Gasteiger partial charge in [-0.1, -0.05) is 0 Å². The van der Waals surface area contributed by atoms with Crippen LogP contribution in [0.15, 0.2) is 22.7 Å². The first-order valence-electron chi connectivity index (χ1n) is 7.10. The number of phenolic OH excluding ortho intramolecular Hbond substituents is 1. The van der Waals surface area contributed by atoms with Gasteiger partial charge in [0.05, 0.1) is 4.47 Å². The number of amides is 1. The van der Waals surface area contributed by atoms with Crippen LogP contribution < -0.4 is 5.32 Å². The second-order valence-electron chi connectivity index (χ2n) is 5.22. The molecule has 1 aromatic rings. The Kier molecular flexibility index (Phi) is 5.43. The Balaban J connectivity index is 2.05. The highest BCUT2D eigenvalue weighted by molar-refractivity contribution is 9.10. The molecule has 0 aliphatic carbocycles. The number of phenols is 1. The summed E-state index contributed by atoms with van der Waals surface area (Å²) in [6.45, 7) is 5.52. The molecular formula is C15H21BrN2O2. The third-order valence-electron chi connectivity index (χ3n) is 3.74. The molecule has 1 aromatic carbocycles. The number of rotatable bonds is 4. The van der Waals surface area contributed by atoms with Gasteiger partial charge < -0.3 is 15.3 Å². The lowest BCUT2D eigenvalue weighted by molar-refractivity contribution is 0.0728. The molecule has 1 fully saturated rings. The summed E-state index contributed by atoms with van der Waals surface area (Å²) in [6.07, 6.45) is 2.35. The molecule has 1 saturated heterocycles. The van der Waals surface area contributed by atoms with Crippen LogP contribution >= 0.6 is 15.9 Å². The number of aromatic hydroxyl groups is 1. The lowest BCUT2D eigenvalue weighted by Gasteiger charge is -2.29. The Bertz CT molecular complexity index is 473. The van der Waals surface area contributed by atoms with Crippen molar-refractivity contribution in [1.82, 2.24) is 10.2 Å². The van der Waals surface area contributed by atoms with E-state index in [0.29, 0.717) is 22.5 Å². The minimum absolute atomic E-state index is 0.0131.